The second-order valence-corrected chi connectivity index (χ2v) is 8.13. The van der Waals surface area contributed by atoms with Crippen molar-refractivity contribution in [1.29, 1.82) is 0 Å². The molecule has 30 heavy (non-hydrogen) atoms. The zero-order valence-electron chi connectivity index (χ0n) is 16.5. The molecule has 6 nitrogen and oxygen atoms in total. The van der Waals surface area contributed by atoms with Crippen molar-refractivity contribution in [3.05, 3.63) is 65.7 Å². The van der Waals surface area contributed by atoms with E-state index in [4.69, 9.17) is 9.84 Å². The first kappa shape index (κ1) is 20.1. The number of thiophene rings is 1. The van der Waals surface area contributed by atoms with Crippen molar-refractivity contribution in [3.63, 3.8) is 0 Å². The van der Waals surface area contributed by atoms with Gasteiger partial charge in [-0.05, 0) is 42.5 Å². The Hall–Kier alpha value is -3.19. The Morgan fingerprint density at radius 2 is 1.97 bits per heavy atom. The van der Waals surface area contributed by atoms with Gasteiger partial charge in [-0.1, -0.05) is 37.1 Å². The molecule has 0 unspecified atom stereocenters. The van der Waals surface area contributed by atoms with E-state index in [9.17, 15) is 9.59 Å². The number of nitrogens with zero attached hydrogens (tertiary/aromatic N) is 2. The molecule has 1 saturated carbocycles. The summed E-state index contributed by atoms with van der Waals surface area (Å²) in [6, 6.07) is 14.0. The number of para-hydroxylation sites is 1. The fraction of sp³-hybridized carbons (Fsp3) is 0.261. The van der Waals surface area contributed by atoms with Crippen LogP contribution in [0.1, 0.15) is 31.2 Å². The van der Waals surface area contributed by atoms with Gasteiger partial charge in [0.2, 0.25) is 0 Å². The summed E-state index contributed by atoms with van der Waals surface area (Å²) in [5, 5.41) is 9.58. The monoisotopic (exact) mass is 421 g/mol. The lowest BCUT2D eigenvalue weighted by Gasteiger charge is -2.11. The lowest BCUT2D eigenvalue weighted by Crippen LogP contribution is -2.35. The van der Waals surface area contributed by atoms with E-state index < -0.39 is 5.97 Å². The van der Waals surface area contributed by atoms with Crippen LogP contribution < -0.4 is 5.32 Å². The number of hydrogen-bond acceptors (Lipinski definition) is 5. The summed E-state index contributed by atoms with van der Waals surface area (Å²) in [4.78, 5) is 25.1. The van der Waals surface area contributed by atoms with Crippen LogP contribution in [0.25, 0.3) is 22.3 Å². The maximum atomic E-state index is 12.1. The molecule has 1 aliphatic carbocycles. The molecule has 1 amide bonds. The number of carbonyl (C=O) groups is 2. The summed E-state index contributed by atoms with van der Waals surface area (Å²) < 4.78 is 6.88. The van der Waals surface area contributed by atoms with Gasteiger partial charge in [0.15, 0.2) is 6.61 Å². The van der Waals surface area contributed by atoms with Gasteiger partial charge in [0.05, 0.1) is 10.6 Å². The highest BCUT2D eigenvalue weighted by atomic mass is 32.1. The molecule has 3 aromatic rings. The highest BCUT2D eigenvalue weighted by Crippen LogP contribution is 2.28. The normalized spacial score (nSPS) is 14.3. The Morgan fingerprint density at radius 3 is 2.70 bits per heavy atom. The molecule has 1 aliphatic rings. The number of hydrogen-bond donors (Lipinski definition) is 1. The van der Waals surface area contributed by atoms with Crippen LogP contribution in [-0.4, -0.2) is 34.3 Å². The average Bonchev–Trinajstić information content (AvgIpc) is 3.53. The Labute approximate surface area is 179 Å². The third-order valence-corrected chi connectivity index (χ3v) is 5.86. The SMILES string of the molecule is O=C(COC(=O)/C=C/c1cn(-c2ccccc2)nc1-c1cccs1)NC1CCCC1. The van der Waals surface area contributed by atoms with E-state index in [0.29, 0.717) is 0 Å². The fourth-order valence-corrected chi connectivity index (χ4v) is 4.24. The number of nitrogens with one attached hydrogen (secondary N) is 1. The van der Waals surface area contributed by atoms with Crippen LogP contribution in [0.15, 0.2) is 60.1 Å². The summed E-state index contributed by atoms with van der Waals surface area (Å²) in [5.41, 5.74) is 2.52. The van der Waals surface area contributed by atoms with E-state index in [1.165, 1.54) is 6.08 Å². The van der Waals surface area contributed by atoms with Gasteiger partial charge in [-0.2, -0.15) is 5.10 Å². The number of rotatable bonds is 7. The minimum Gasteiger partial charge on any atom is -0.452 e. The van der Waals surface area contributed by atoms with Gasteiger partial charge in [-0.15, -0.1) is 11.3 Å². The molecular formula is C23H23N3O3S. The van der Waals surface area contributed by atoms with Crippen LogP contribution in [0.5, 0.6) is 0 Å². The van der Waals surface area contributed by atoms with Crippen LogP contribution in [0.2, 0.25) is 0 Å². The largest absolute Gasteiger partial charge is 0.452 e. The van der Waals surface area contributed by atoms with Crippen LogP contribution in [0.3, 0.4) is 0 Å². The van der Waals surface area contributed by atoms with Crippen LogP contribution in [-0.2, 0) is 14.3 Å². The van der Waals surface area contributed by atoms with Gasteiger partial charge >= 0.3 is 5.97 Å². The van der Waals surface area contributed by atoms with Crippen molar-refractivity contribution in [2.24, 2.45) is 0 Å². The standard InChI is InChI=1S/C23H23N3O3S/c27-21(24-18-7-4-5-8-18)16-29-22(28)13-12-17-15-26(19-9-2-1-3-10-19)25-23(17)20-11-6-14-30-20/h1-3,6,9-15,18H,4-5,7-8,16H2,(H,24,27)/b13-12+. The van der Waals surface area contributed by atoms with Crippen molar-refractivity contribution in [2.75, 3.05) is 6.61 Å². The van der Waals surface area contributed by atoms with E-state index >= 15 is 0 Å². The molecule has 0 bridgehead atoms. The molecule has 0 saturated heterocycles. The lowest BCUT2D eigenvalue weighted by molar-refractivity contribution is -0.144. The smallest absolute Gasteiger partial charge is 0.331 e. The molecule has 0 radical (unpaired) electrons. The van der Waals surface area contributed by atoms with Crippen molar-refractivity contribution in [2.45, 2.75) is 31.7 Å². The molecule has 4 rings (SSSR count). The summed E-state index contributed by atoms with van der Waals surface area (Å²) >= 11 is 1.58. The Morgan fingerprint density at radius 1 is 1.17 bits per heavy atom. The summed E-state index contributed by atoms with van der Waals surface area (Å²) in [6.45, 7) is -0.263. The van der Waals surface area contributed by atoms with E-state index in [-0.39, 0.29) is 18.6 Å². The first-order chi connectivity index (χ1) is 14.7. The lowest BCUT2D eigenvalue weighted by atomic mass is 10.2. The third kappa shape index (κ3) is 5.04. The molecule has 0 atom stereocenters. The van der Waals surface area contributed by atoms with Gasteiger partial charge in [-0.25, -0.2) is 9.48 Å². The topological polar surface area (TPSA) is 73.2 Å². The zero-order valence-corrected chi connectivity index (χ0v) is 17.3. The highest BCUT2D eigenvalue weighted by Gasteiger charge is 2.17. The Bertz CT molecular complexity index is 1020. The van der Waals surface area contributed by atoms with Gasteiger partial charge in [0, 0.05) is 23.9 Å². The fourth-order valence-electron chi connectivity index (χ4n) is 3.51. The van der Waals surface area contributed by atoms with Crippen LogP contribution >= 0.6 is 11.3 Å². The number of aromatic nitrogens is 2. The first-order valence-corrected chi connectivity index (χ1v) is 10.9. The Balaban J connectivity index is 1.43. The van der Waals surface area contributed by atoms with Gasteiger partial charge in [0.25, 0.3) is 5.91 Å². The molecule has 0 spiro atoms. The minimum atomic E-state index is -0.554. The number of carbonyl (C=O) groups excluding carboxylic acids is 2. The third-order valence-electron chi connectivity index (χ3n) is 4.98. The summed E-state index contributed by atoms with van der Waals surface area (Å²) in [5.74, 6) is -0.805. The van der Waals surface area contributed by atoms with E-state index in [2.05, 4.69) is 5.32 Å². The molecule has 1 fully saturated rings. The van der Waals surface area contributed by atoms with Crippen molar-refractivity contribution in [3.8, 4) is 16.3 Å². The Kier molecular flexibility index (Phi) is 6.39. The molecule has 154 valence electrons. The first-order valence-electron chi connectivity index (χ1n) is 10.0. The second kappa shape index (κ2) is 9.54. The van der Waals surface area contributed by atoms with Crippen LogP contribution in [0, 0.1) is 0 Å². The molecule has 2 aromatic heterocycles. The highest BCUT2D eigenvalue weighted by molar-refractivity contribution is 7.13. The molecule has 1 N–H and O–H groups in total. The van der Waals surface area contributed by atoms with Gasteiger partial charge in [0.1, 0.15) is 5.69 Å². The predicted octanol–water partition coefficient (Wildman–Crippen LogP) is 4.22. The second-order valence-electron chi connectivity index (χ2n) is 7.18. The van der Waals surface area contributed by atoms with E-state index in [1.807, 2.05) is 54.0 Å². The van der Waals surface area contributed by atoms with E-state index in [1.54, 1.807) is 22.1 Å². The van der Waals surface area contributed by atoms with Gasteiger partial charge < -0.3 is 10.1 Å². The number of amides is 1. The summed E-state index contributed by atoms with van der Waals surface area (Å²) in [6.07, 6.45) is 9.16. The molecule has 0 aliphatic heterocycles. The maximum absolute atomic E-state index is 12.1. The quantitative estimate of drug-likeness (QED) is 0.458. The molecule has 1 aromatic carbocycles. The van der Waals surface area contributed by atoms with Crippen molar-refractivity contribution >= 4 is 29.3 Å². The number of ether oxygens (including phenoxy) is 1. The molecule has 7 heteroatoms. The van der Waals surface area contributed by atoms with Crippen molar-refractivity contribution in [1.82, 2.24) is 15.1 Å². The maximum Gasteiger partial charge on any atom is 0.331 e. The predicted molar refractivity (Wildman–Crippen MR) is 117 cm³/mol. The van der Waals surface area contributed by atoms with E-state index in [0.717, 1.165) is 47.5 Å². The average molecular weight is 422 g/mol. The zero-order chi connectivity index (χ0) is 20.8. The van der Waals surface area contributed by atoms with Crippen molar-refractivity contribution < 1.29 is 14.3 Å². The van der Waals surface area contributed by atoms with Crippen LogP contribution in [0.4, 0.5) is 0 Å². The van der Waals surface area contributed by atoms with Gasteiger partial charge in [-0.3, -0.25) is 4.79 Å². The molecule has 2 heterocycles. The number of esters is 1. The minimum absolute atomic E-state index is 0.212. The molecular weight excluding hydrogens is 398 g/mol. The summed E-state index contributed by atoms with van der Waals surface area (Å²) in [7, 11) is 0. The number of benzene rings is 1.